The Morgan fingerprint density at radius 3 is 2.00 bits per heavy atom. The summed E-state index contributed by atoms with van der Waals surface area (Å²) < 4.78 is 0. The monoisotopic (exact) mass is 158 g/mol. The molecule has 0 heterocycles. The molecule has 2 atom stereocenters. The van der Waals surface area contributed by atoms with Crippen molar-refractivity contribution in [2.45, 2.75) is 26.2 Å². The number of terminal acetylenes is 2. The minimum absolute atomic E-state index is 0.146. The van der Waals surface area contributed by atoms with Gasteiger partial charge in [0.05, 0.1) is 5.41 Å². The summed E-state index contributed by atoms with van der Waals surface area (Å²) in [7, 11) is 0. The third-order valence-corrected chi connectivity index (χ3v) is 3.71. The Labute approximate surface area is 74.7 Å². The molecule has 0 saturated heterocycles. The van der Waals surface area contributed by atoms with Gasteiger partial charge in [-0.25, -0.2) is 0 Å². The van der Waals surface area contributed by atoms with Crippen LogP contribution in [0.5, 0.6) is 0 Å². The van der Waals surface area contributed by atoms with E-state index < -0.39 is 0 Å². The lowest BCUT2D eigenvalue weighted by Crippen LogP contribution is -2.52. The van der Waals surface area contributed by atoms with Crippen LogP contribution in [0.3, 0.4) is 0 Å². The van der Waals surface area contributed by atoms with Crippen LogP contribution >= 0.6 is 0 Å². The van der Waals surface area contributed by atoms with Crippen molar-refractivity contribution in [3.05, 3.63) is 0 Å². The molecule has 2 bridgehead atoms. The Hall–Kier alpha value is -0.880. The summed E-state index contributed by atoms with van der Waals surface area (Å²) in [6.45, 7) is 2.30. The molecule has 3 aliphatic carbocycles. The van der Waals surface area contributed by atoms with E-state index in [4.69, 9.17) is 12.8 Å². The molecule has 12 heavy (non-hydrogen) atoms. The lowest BCUT2D eigenvalue weighted by atomic mass is 9.46. The van der Waals surface area contributed by atoms with Gasteiger partial charge in [-0.15, -0.1) is 12.8 Å². The van der Waals surface area contributed by atoms with Crippen LogP contribution in [0.25, 0.3) is 0 Å². The first-order chi connectivity index (χ1) is 5.73. The summed E-state index contributed by atoms with van der Waals surface area (Å²) >= 11 is 0. The number of hydrogen-bond donors (Lipinski definition) is 0. The van der Waals surface area contributed by atoms with E-state index in [0.717, 1.165) is 5.92 Å². The van der Waals surface area contributed by atoms with Gasteiger partial charge in [0.1, 0.15) is 0 Å². The van der Waals surface area contributed by atoms with E-state index in [2.05, 4.69) is 18.8 Å². The van der Waals surface area contributed by atoms with Gasteiger partial charge in [0.2, 0.25) is 0 Å². The fourth-order valence-electron chi connectivity index (χ4n) is 3.03. The normalized spacial score (nSPS) is 42.1. The Morgan fingerprint density at radius 2 is 1.58 bits per heavy atom. The summed E-state index contributed by atoms with van der Waals surface area (Å²) in [6, 6.07) is 0. The van der Waals surface area contributed by atoms with E-state index in [0.29, 0.717) is 11.8 Å². The van der Waals surface area contributed by atoms with Crippen LogP contribution in [-0.4, -0.2) is 0 Å². The van der Waals surface area contributed by atoms with Gasteiger partial charge in [-0.1, -0.05) is 18.8 Å². The second kappa shape index (κ2) is 2.30. The van der Waals surface area contributed by atoms with Crippen molar-refractivity contribution in [3.8, 4) is 24.7 Å². The molecule has 0 N–H and O–H groups in total. The summed E-state index contributed by atoms with van der Waals surface area (Å²) in [5.41, 5.74) is -0.146. The summed E-state index contributed by atoms with van der Waals surface area (Å²) in [6.07, 6.45) is 14.8. The topological polar surface area (TPSA) is 0 Å². The molecule has 2 unspecified atom stereocenters. The Bertz CT molecular complexity index is 245. The zero-order valence-corrected chi connectivity index (χ0v) is 7.51. The maximum atomic E-state index is 5.52. The molecular weight excluding hydrogens is 144 g/mol. The summed E-state index contributed by atoms with van der Waals surface area (Å²) in [5.74, 6) is 7.79. The number of rotatable bonds is 0. The van der Waals surface area contributed by atoms with Crippen molar-refractivity contribution in [1.29, 1.82) is 0 Å². The predicted molar refractivity (Wildman–Crippen MR) is 50.1 cm³/mol. The van der Waals surface area contributed by atoms with Gasteiger partial charge in [0.25, 0.3) is 0 Å². The van der Waals surface area contributed by atoms with Crippen molar-refractivity contribution in [2.24, 2.45) is 23.2 Å². The van der Waals surface area contributed by atoms with E-state index in [1.54, 1.807) is 0 Å². The molecule has 62 valence electrons. The highest BCUT2D eigenvalue weighted by atomic mass is 14.6. The van der Waals surface area contributed by atoms with Gasteiger partial charge in [0.15, 0.2) is 0 Å². The molecule has 3 fully saturated rings. The summed E-state index contributed by atoms with van der Waals surface area (Å²) in [5, 5.41) is 0. The Kier molecular flexibility index (Phi) is 1.49. The highest BCUT2D eigenvalue weighted by molar-refractivity contribution is 5.32. The number of fused-ring (bicyclic) bond motifs is 2. The van der Waals surface area contributed by atoms with Crippen LogP contribution in [0.4, 0.5) is 0 Å². The molecule has 0 aliphatic heterocycles. The molecule has 3 rings (SSSR count). The lowest BCUT2D eigenvalue weighted by molar-refractivity contribution is -0.0267. The van der Waals surface area contributed by atoms with Gasteiger partial charge in [0, 0.05) is 0 Å². The maximum Gasteiger partial charge on any atom is 0.0969 e. The fraction of sp³-hybridized carbons (Fsp3) is 0.667. The average Bonchev–Trinajstić information content (AvgIpc) is 2.06. The van der Waals surface area contributed by atoms with E-state index in [-0.39, 0.29) is 5.41 Å². The minimum Gasteiger partial charge on any atom is -0.118 e. The molecule has 0 aromatic rings. The SMILES string of the molecule is C#CC1(C#C)C2CC(C)CC1C2. The Morgan fingerprint density at radius 1 is 1.08 bits per heavy atom. The van der Waals surface area contributed by atoms with Crippen LogP contribution in [0.1, 0.15) is 26.2 Å². The van der Waals surface area contributed by atoms with Crippen LogP contribution in [0.15, 0.2) is 0 Å². The first-order valence-electron chi connectivity index (χ1n) is 4.68. The van der Waals surface area contributed by atoms with Crippen LogP contribution in [0.2, 0.25) is 0 Å². The number of hydrogen-bond acceptors (Lipinski definition) is 0. The van der Waals surface area contributed by atoms with E-state index in [9.17, 15) is 0 Å². The van der Waals surface area contributed by atoms with Gasteiger partial charge < -0.3 is 0 Å². The molecule has 0 spiro atoms. The van der Waals surface area contributed by atoms with Crippen LogP contribution < -0.4 is 0 Å². The zero-order valence-electron chi connectivity index (χ0n) is 7.51. The average molecular weight is 158 g/mol. The van der Waals surface area contributed by atoms with Gasteiger partial charge in [-0.2, -0.15) is 0 Å². The third kappa shape index (κ3) is 0.709. The van der Waals surface area contributed by atoms with E-state index in [1.165, 1.54) is 19.3 Å². The Balaban J connectivity index is 2.25. The lowest BCUT2D eigenvalue weighted by Gasteiger charge is -2.56. The van der Waals surface area contributed by atoms with Gasteiger partial charge >= 0.3 is 0 Å². The second-order valence-corrected chi connectivity index (χ2v) is 4.36. The zero-order chi connectivity index (χ0) is 8.77. The van der Waals surface area contributed by atoms with Crippen LogP contribution in [-0.2, 0) is 0 Å². The maximum absolute atomic E-state index is 5.52. The molecule has 0 heteroatoms. The van der Waals surface area contributed by atoms with Crippen LogP contribution in [0, 0.1) is 47.9 Å². The summed E-state index contributed by atoms with van der Waals surface area (Å²) in [4.78, 5) is 0. The van der Waals surface area contributed by atoms with Crippen molar-refractivity contribution >= 4 is 0 Å². The highest BCUT2D eigenvalue weighted by Gasteiger charge is 2.56. The second-order valence-electron chi connectivity index (χ2n) is 4.36. The first-order valence-corrected chi connectivity index (χ1v) is 4.68. The molecular formula is C12H14. The molecule has 3 aliphatic rings. The standard InChI is InChI=1S/C12H14/c1-4-12(5-2)10-6-9(3)7-11(12)8-10/h1-2,9-11H,6-8H2,3H3. The van der Waals surface area contributed by atoms with Crippen molar-refractivity contribution in [1.82, 2.24) is 0 Å². The quantitative estimate of drug-likeness (QED) is 0.474. The van der Waals surface area contributed by atoms with Gasteiger partial charge in [-0.3, -0.25) is 0 Å². The molecule has 0 amide bonds. The minimum atomic E-state index is -0.146. The predicted octanol–water partition coefficient (Wildman–Crippen LogP) is 2.31. The third-order valence-electron chi connectivity index (χ3n) is 3.71. The van der Waals surface area contributed by atoms with E-state index >= 15 is 0 Å². The fourth-order valence-corrected chi connectivity index (χ4v) is 3.03. The largest absolute Gasteiger partial charge is 0.118 e. The van der Waals surface area contributed by atoms with Crippen molar-refractivity contribution in [3.63, 3.8) is 0 Å². The molecule has 0 aromatic heterocycles. The van der Waals surface area contributed by atoms with E-state index in [1.807, 2.05) is 0 Å². The molecule has 0 radical (unpaired) electrons. The smallest absolute Gasteiger partial charge is 0.0969 e. The van der Waals surface area contributed by atoms with Crippen molar-refractivity contribution < 1.29 is 0 Å². The first kappa shape index (κ1) is 7.75. The van der Waals surface area contributed by atoms with Gasteiger partial charge in [-0.05, 0) is 37.0 Å². The molecule has 0 nitrogen and oxygen atoms in total. The molecule has 3 saturated carbocycles. The van der Waals surface area contributed by atoms with Crippen molar-refractivity contribution in [2.75, 3.05) is 0 Å². The highest BCUT2D eigenvalue weighted by Crippen LogP contribution is 2.60. The molecule has 0 aromatic carbocycles.